The van der Waals surface area contributed by atoms with Crippen LogP contribution in [0, 0.1) is 0 Å². The topological polar surface area (TPSA) is 51.5 Å². The van der Waals surface area contributed by atoms with E-state index >= 15 is 0 Å². The Morgan fingerprint density at radius 2 is 1.77 bits per heavy atom. The van der Waals surface area contributed by atoms with Gasteiger partial charge in [0, 0.05) is 23.0 Å². The zero-order valence-electron chi connectivity index (χ0n) is 20.0. The Morgan fingerprint density at radius 3 is 2.51 bits per heavy atom. The summed E-state index contributed by atoms with van der Waals surface area (Å²) in [4.78, 5) is 11.9. The van der Waals surface area contributed by atoms with E-state index in [-0.39, 0.29) is 0 Å². The SMILES string of the molecule is COc1ccc2c(c1)C=C(c1ccccc1)Cn1c-2c(C2CCCCC2)c2ccc(C(=O)O)cc21. The summed E-state index contributed by atoms with van der Waals surface area (Å²) in [6.07, 6.45) is 8.41. The minimum absolute atomic E-state index is 0.331. The maximum atomic E-state index is 11.9. The van der Waals surface area contributed by atoms with E-state index in [1.54, 1.807) is 13.2 Å². The number of hydrogen-bond donors (Lipinski definition) is 1. The molecular weight excluding hydrogens is 434 g/mol. The van der Waals surface area contributed by atoms with Crippen molar-refractivity contribution < 1.29 is 14.6 Å². The number of carboxylic acids is 1. The van der Waals surface area contributed by atoms with E-state index < -0.39 is 5.97 Å². The van der Waals surface area contributed by atoms with Gasteiger partial charge in [0.1, 0.15) is 5.75 Å². The lowest BCUT2D eigenvalue weighted by molar-refractivity contribution is 0.0697. The summed E-state index contributed by atoms with van der Waals surface area (Å²) >= 11 is 0. The number of nitrogens with zero attached hydrogens (tertiary/aromatic N) is 1. The molecule has 0 spiro atoms. The zero-order valence-corrected chi connectivity index (χ0v) is 20.0. The molecule has 1 aromatic heterocycles. The van der Waals surface area contributed by atoms with Crippen LogP contribution in [0.4, 0.5) is 0 Å². The van der Waals surface area contributed by atoms with E-state index in [0.717, 1.165) is 16.8 Å². The summed E-state index contributed by atoms with van der Waals surface area (Å²) in [6, 6.07) is 22.5. The number of hydrogen-bond acceptors (Lipinski definition) is 2. The van der Waals surface area contributed by atoms with Gasteiger partial charge in [-0.1, -0.05) is 55.7 Å². The van der Waals surface area contributed by atoms with Gasteiger partial charge in [0.2, 0.25) is 0 Å². The van der Waals surface area contributed by atoms with Crippen LogP contribution in [-0.4, -0.2) is 22.8 Å². The highest BCUT2D eigenvalue weighted by Gasteiger charge is 2.29. The molecule has 176 valence electrons. The van der Waals surface area contributed by atoms with Crippen LogP contribution < -0.4 is 4.74 Å². The first kappa shape index (κ1) is 21.7. The number of carbonyl (C=O) groups is 1. The van der Waals surface area contributed by atoms with Gasteiger partial charge in [0.25, 0.3) is 0 Å². The fourth-order valence-corrected chi connectivity index (χ4v) is 6.00. The van der Waals surface area contributed by atoms with Gasteiger partial charge in [-0.05, 0) is 77.4 Å². The minimum atomic E-state index is -0.890. The molecule has 0 saturated heterocycles. The van der Waals surface area contributed by atoms with E-state index in [4.69, 9.17) is 4.74 Å². The normalized spacial score (nSPS) is 15.7. The van der Waals surface area contributed by atoms with Gasteiger partial charge in [-0.25, -0.2) is 4.79 Å². The minimum Gasteiger partial charge on any atom is -0.497 e. The number of carboxylic acid groups (broad SMARTS) is 1. The highest BCUT2D eigenvalue weighted by molar-refractivity contribution is 6.01. The molecule has 1 fully saturated rings. The molecule has 0 amide bonds. The predicted molar refractivity (Wildman–Crippen MR) is 141 cm³/mol. The van der Waals surface area contributed by atoms with E-state index in [2.05, 4.69) is 47.0 Å². The van der Waals surface area contributed by atoms with Gasteiger partial charge >= 0.3 is 5.97 Å². The summed E-state index contributed by atoms with van der Waals surface area (Å²) in [5.41, 5.74) is 8.64. The second kappa shape index (κ2) is 8.77. The van der Waals surface area contributed by atoms with E-state index in [0.29, 0.717) is 18.0 Å². The van der Waals surface area contributed by atoms with Crippen molar-refractivity contribution in [2.24, 2.45) is 0 Å². The predicted octanol–water partition coefficient (Wildman–Crippen LogP) is 7.62. The lowest BCUT2D eigenvalue weighted by atomic mass is 9.81. The maximum absolute atomic E-state index is 11.9. The van der Waals surface area contributed by atoms with Crippen molar-refractivity contribution in [1.82, 2.24) is 4.57 Å². The molecule has 2 heterocycles. The van der Waals surface area contributed by atoms with Gasteiger partial charge in [-0.2, -0.15) is 0 Å². The van der Waals surface area contributed by atoms with E-state index in [9.17, 15) is 9.90 Å². The van der Waals surface area contributed by atoms with Crippen molar-refractivity contribution in [3.8, 4) is 17.0 Å². The molecule has 0 radical (unpaired) electrons. The highest BCUT2D eigenvalue weighted by atomic mass is 16.5. The zero-order chi connectivity index (χ0) is 23.9. The van der Waals surface area contributed by atoms with Crippen LogP contribution in [0.25, 0.3) is 33.8 Å². The van der Waals surface area contributed by atoms with Crippen LogP contribution in [0.5, 0.6) is 5.75 Å². The number of allylic oxidation sites excluding steroid dienone is 1. The molecule has 1 aliphatic heterocycles. The fourth-order valence-electron chi connectivity index (χ4n) is 6.00. The molecule has 0 unspecified atom stereocenters. The summed E-state index contributed by atoms with van der Waals surface area (Å²) in [5.74, 6) is 0.426. The smallest absolute Gasteiger partial charge is 0.335 e. The molecule has 4 nitrogen and oxygen atoms in total. The third kappa shape index (κ3) is 3.74. The Labute approximate surface area is 205 Å². The van der Waals surface area contributed by atoms with Crippen molar-refractivity contribution in [2.45, 2.75) is 44.6 Å². The van der Waals surface area contributed by atoms with Crippen molar-refractivity contribution in [2.75, 3.05) is 7.11 Å². The first-order valence-electron chi connectivity index (χ1n) is 12.5. The molecule has 6 rings (SSSR count). The molecule has 1 N–H and O–H groups in total. The average molecular weight is 464 g/mol. The lowest BCUT2D eigenvalue weighted by Crippen LogP contribution is -2.07. The van der Waals surface area contributed by atoms with Crippen molar-refractivity contribution in [1.29, 1.82) is 0 Å². The molecular formula is C31H29NO3. The summed E-state index contributed by atoms with van der Waals surface area (Å²) in [7, 11) is 1.71. The molecule has 1 aliphatic carbocycles. The van der Waals surface area contributed by atoms with Crippen LogP contribution in [-0.2, 0) is 6.54 Å². The molecule has 1 saturated carbocycles. The van der Waals surface area contributed by atoms with Crippen LogP contribution in [0.15, 0.2) is 66.7 Å². The average Bonchev–Trinajstić information content (AvgIpc) is 3.11. The summed E-state index contributed by atoms with van der Waals surface area (Å²) < 4.78 is 7.96. The van der Waals surface area contributed by atoms with Gasteiger partial charge in [0.15, 0.2) is 0 Å². The number of ether oxygens (including phenoxy) is 1. The fraction of sp³-hybridized carbons (Fsp3) is 0.258. The van der Waals surface area contributed by atoms with Gasteiger partial charge < -0.3 is 14.4 Å². The first-order valence-corrected chi connectivity index (χ1v) is 12.5. The Balaban J connectivity index is 1.69. The number of aromatic nitrogens is 1. The monoisotopic (exact) mass is 463 g/mol. The quantitative estimate of drug-likeness (QED) is 0.339. The molecule has 35 heavy (non-hydrogen) atoms. The Morgan fingerprint density at radius 1 is 0.971 bits per heavy atom. The van der Waals surface area contributed by atoms with Gasteiger partial charge in [0.05, 0.1) is 18.4 Å². The molecule has 2 aliphatic rings. The third-order valence-electron chi connectivity index (χ3n) is 7.68. The van der Waals surface area contributed by atoms with E-state index in [1.165, 1.54) is 65.4 Å². The Kier molecular flexibility index (Phi) is 5.44. The molecule has 4 aromatic rings. The van der Waals surface area contributed by atoms with Crippen molar-refractivity contribution in [3.63, 3.8) is 0 Å². The standard InChI is InChI=1S/C31H29NO3/c1-35-25-13-15-26-23(17-25)16-24(20-8-4-2-5-9-20)19-32-28-18-22(31(33)34)12-14-27(28)29(30(26)32)21-10-6-3-7-11-21/h2,4-5,8-9,12-18,21H,3,6-7,10-11,19H2,1H3,(H,33,34). The second-order valence-electron chi connectivity index (χ2n) is 9.71. The number of fused-ring (bicyclic) bond motifs is 5. The number of methoxy groups -OCH3 is 1. The van der Waals surface area contributed by atoms with Crippen LogP contribution in [0.3, 0.4) is 0 Å². The van der Waals surface area contributed by atoms with Crippen LogP contribution in [0.2, 0.25) is 0 Å². The number of aromatic carboxylic acids is 1. The summed E-state index contributed by atoms with van der Waals surface area (Å²) in [6.45, 7) is 0.683. The van der Waals surface area contributed by atoms with Crippen molar-refractivity contribution >= 4 is 28.5 Å². The van der Waals surface area contributed by atoms with Crippen LogP contribution >= 0.6 is 0 Å². The number of benzene rings is 3. The molecule has 3 aromatic carbocycles. The molecule has 4 heteroatoms. The van der Waals surface area contributed by atoms with Crippen molar-refractivity contribution in [3.05, 3.63) is 89.0 Å². The second-order valence-corrected chi connectivity index (χ2v) is 9.71. The third-order valence-corrected chi connectivity index (χ3v) is 7.68. The maximum Gasteiger partial charge on any atom is 0.335 e. The Hall–Kier alpha value is -3.79. The Bertz CT molecular complexity index is 1460. The molecule has 0 atom stereocenters. The van der Waals surface area contributed by atoms with Crippen LogP contribution in [0.1, 0.15) is 65.1 Å². The van der Waals surface area contributed by atoms with E-state index in [1.807, 2.05) is 24.3 Å². The largest absolute Gasteiger partial charge is 0.497 e. The number of rotatable bonds is 4. The highest BCUT2D eigenvalue weighted by Crippen LogP contribution is 2.47. The first-order chi connectivity index (χ1) is 17.1. The molecule has 0 bridgehead atoms. The lowest BCUT2D eigenvalue weighted by Gasteiger charge is -2.24. The van der Waals surface area contributed by atoms with Gasteiger partial charge in [-0.3, -0.25) is 0 Å². The summed E-state index contributed by atoms with van der Waals surface area (Å²) in [5, 5.41) is 11.0. The van der Waals surface area contributed by atoms with Gasteiger partial charge in [-0.15, -0.1) is 0 Å².